The molecule has 120 valence electrons. The summed E-state index contributed by atoms with van der Waals surface area (Å²) in [4.78, 5) is 9.09. The molecule has 0 saturated heterocycles. The topological polar surface area (TPSA) is 25.8 Å². The van der Waals surface area contributed by atoms with E-state index in [1.165, 1.54) is 0 Å². The molecule has 0 bridgehead atoms. The SMILES string of the molecule is Br.CCCc1cc(-c2nc(-c3ccc(Cl)cc3Cl)cs2)ccn1. The van der Waals surface area contributed by atoms with E-state index in [0.29, 0.717) is 10.0 Å². The zero-order valence-electron chi connectivity index (χ0n) is 12.4. The van der Waals surface area contributed by atoms with E-state index in [4.69, 9.17) is 28.2 Å². The van der Waals surface area contributed by atoms with Gasteiger partial charge in [-0.05, 0) is 36.8 Å². The van der Waals surface area contributed by atoms with Gasteiger partial charge < -0.3 is 0 Å². The van der Waals surface area contributed by atoms with Gasteiger partial charge in [-0.15, -0.1) is 28.3 Å². The highest BCUT2D eigenvalue weighted by atomic mass is 79.9. The first-order valence-electron chi connectivity index (χ1n) is 7.03. The predicted octanol–water partition coefficient (Wildman–Crippen LogP) is 6.71. The van der Waals surface area contributed by atoms with E-state index >= 15 is 0 Å². The second kappa shape index (κ2) is 8.25. The molecular formula is C17H15BrCl2N2S. The van der Waals surface area contributed by atoms with E-state index in [9.17, 15) is 0 Å². The lowest BCUT2D eigenvalue weighted by atomic mass is 10.1. The van der Waals surface area contributed by atoms with Crippen LogP contribution in [0, 0.1) is 0 Å². The second-order valence-corrected chi connectivity index (χ2v) is 6.65. The smallest absolute Gasteiger partial charge is 0.124 e. The third-order valence-electron chi connectivity index (χ3n) is 3.28. The van der Waals surface area contributed by atoms with Crippen molar-refractivity contribution in [1.82, 2.24) is 9.97 Å². The first kappa shape index (κ1) is 18.4. The van der Waals surface area contributed by atoms with Crippen LogP contribution in [0.4, 0.5) is 0 Å². The molecule has 0 spiro atoms. The molecule has 3 aromatic rings. The molecule has 0 atom stereocenters. The van der Waals surface area contributed by atoms with Crippen molar-refractivity contribution in [1.29, 1.82) is 0 Å². The van der Waals surface area contributed by atoms with Crippen LogP contribution in [0.15, 0.2) is 41.9 Å². The first-order valence-corrected chi connectivity index (χ1v) is 8.67. The predicted molar refractivity (Wildman–Crippen MR) is 105 cm³/mol. The van der Waals surface area contributed by atoms with Crippen molar-refractivity contribution in [2.75, 3.05) is 0 Å². The number of rotatable bonds is 4. The highest BCUT2D eigenvalue weighted by molar-refractivity contribution is 8.93. The molecule has 0 N–H and O–H groups in total. The lowest BCUT2D eigenvalue weighted by Crippen LogP contribution is -1.89. The highest BCUT2D eigenvalue weighted by Gasteiger charge is 2.10. The fraction of sp³-hybridized carbons (Fsp3) is 0.176. The number of hydrogen-bond acceptors (Lipinski definition) is 3. The van der Waals surface area contributed by atoms with Crippen LogP contribution in [0.25, 0.3) is 21.8 Å². The molecule has 2 aromatic heterocycles. The maximum absolute atomic E-state index is 6.26. The maximum atomic E-state index is 6.26. The van der Waals surface area contributed by atoms with E-state index < -0.39 is 0 Å². The van der Waals surface area contributed by atoms with Gasteiger partial charge in [-0.3, -0.25) is 4.98 Å². The Morgan fingerprint density at radius 1 is 1.13 bits per heavy atom. The summed E-state index contributed by atoms with van der Waals surface area (Å²) < 4.78 is 0. The fourth-order valence-corrected chi connectivity index (χ4v) is 3.55. The number of hydrogen-bond donors (Lipinski definition) is 0. The fourth-order valence-electron chi connectivity index (χ4n) is 2.23. The highest BCUT2D eigenvalue weighted by Crippen LogP contribution is 2.34. The Bertz CT molecular complexity index is 805. The third-order valence-corrected chi connectivity index (χ3v) is 4.72. The van der Waals surface area contributed by atoms with E-state index in [0.717, 1.165) is 40.4 Å². The molecular weight excluding hydrogens is 415 g/mol. The molecule has 0 fully saturated rings. The number of nitrogens with zero attached hydrogens (tertiary/aromatic N) is 2. The van der Waals surface area contributed by atoms with Crippen LogP contribution in [-0.2, 0) is 6.42 Å². The van der Waals surface area contributed by atoms with Gasteiger partial charge >= 0.3 is 0 Å². The van der Waals surface area contributed by atoms with E-state index in [1.54, 1.807) is 17.4 Å². The minimum absolute atomic E-state index is 0. The van der Waals surface area contributed by atoms with Gasteiger partial charge in [0.05, 0.1) is 10.7 Å². The van der Waals surface area contributed by atoms with Gasteiger partial charge in [-0.2, -0.15) is 0 Å². The van der Waals surface area contributed by atoms with Gasteiger partial charge in [-0.1, -0.05) is 36.5 Å². The van der Waals surface area contributed by atoms with Crippen LogP contribution >= 0.6 is 51.5 Å². The van der Waals surface area contributed by atoms with Crippen molar-refractivity contribution in [3.8, 4) is 21.8 Å². The summed E-state index contributed by atoms with van der Waals surface area (Å²) >= 11 is 13.8. The Morgan fingerprint density at radius 3 is 2.70 bits per heavy atom. The minimum Gasteiger partial charge on any atom is -0.261 e. The number of halogens is 3. The van der Waals surface area contributed by atoms with Gasteiger partial charge in [-0.25, -0.2) is 4.98 Å². The van der Waals surface area contributed by atoms with E-state index in [-0.39, 0.29) is 17.0 Å². The monoisotopic (exact) mass is 428 g/mol. The Hall–Kier alpha value is -0.940. The molecule has 1 aromatic carbocycles. The molecule has 0 aliphatic carbocycles. The largest absolute Gasteiger partial charge is 0.261 e. The Balaban J connectivity index is 0.00000192. The summed E-state index contributed by atoms with van der Waals surface area (Å²) in [6.45, 7) is 2.15. The number of thiazole rings is 1. The molecule has 0 radical (unpaired) electrons. The van der Waals surface area contributed by atoms with Crippen molar-refractivity contribution in [2.24, 2.45) is 0 Å². The van der Waals surface area contributed by atoms with Crippen LogP contribution in [0.5, 0.6) is 0 Å². The van der Waals surface area contributed by atoms with Crippen molar-refractivity contribution in [3.63, 3.8) is 0 Å². The average Bonchev–Trinajstić information content (AvgIpc) is 2.97. The summed E-state index contributed by atoms with van der Waals surface area (Å²) in [5, 5.41) is 4.23. The Kier molecular flexibility index (Phi) is 6.60. The lowest BCUT2D eigenvalue weighted by molar-refractivity contribution is 0.883. The zero-order valence-corrected chi connectivity index (χ0v) is 16.5. The van der Waals surface area contributed by atoms with Crippen LogP contribution in [-0.4, -0.2) is 9.97 Å². The quantitative estimate of drug-likeness (QED) is 0.460. The molecule has 0 amide bonds. The van der Waals surface area contributed by atoms with Gasteiger partial charge in [0.2, 0.25) is 0 Å². The molecule has 0 unspecified atom stereocenters. The molecule has 2 heterocycles. The minimum atomic E-state index is 0. The molecule has 6 heteroatoms. The van der Waals surface area contributed by atoms with E-state index in [1.807, 2.05) is 29.8 Å². The van der Waals surface area contributed by atoms with E-state index in [2.05, 4.69) is 18.0 Å². The molecule has 3 rings (SSSR count). The zero-order chi connectivity index (χ0) is 15.5. The summed E-state index contributed by atoms with van der Waals surface area (Å²) in [5.74, 6) is 0. The van der Waals surface area contributed by atoms with Gasteiger partial charge in [0, 0.05) is 33.4 Å². The molecule has 23 heavy (non-hydrogen) atoms. The van der Waals surface area contributed by atoms with Crippen molar-refractivity contribution >= 4 is 51.5 Å². The number of aromatic nitrogens is 2. The molecule has 0 aliphatic rings. The van der Waals surface area contributed by atoms with Crippen LogP contribution < -0.4 is 0 Å². The summed E-state index contributed by atoms with van der Waals surface area (Å²) in [6.07, 6.45) is 3.91. The van der Waals surface area contributed by atoms with Crippen LogP contribution in [0.3, 0.4) is 0 Å². The Morgan fingerprint density at radius 2 is 1.96 bits per heavy atom. The summed E-state index contributed by atoms with van der Waals surface area (Å²) in [7, 11) is 0. The molecule has 2 nitrogen and oxygen atoms in total. The number of pyridine rings is 1. The van der Waals surface area contributed by atoms with Crippen molar-refractivity contribution in [3.05, 3.63) is 57.6 Å². The molecule has 0 aliphatic heterocycles. The van der Waals surface area contributed by atoms with Crippen molar-refractivity contribution < 1.29 is 0 Å². The summed E-state index contributed by atoms with van der Waals surface area (Å²) in [5.41, 5.74) is 3.97. The van der Waals surface area contributed by atoms with Gasteiger partial charge in [0.15, 0.2) is 0 Å². The van der Waals surface area contributed by atoms with Crippen LogP contribution in [0.2, 0.25) is 10.0 Å². The number of aryl methyl sites for hydroxylation is 1. The Labute approximate surface area is 160 Å². The standard InChI is InChI=1S/C17H14Cl2N2S.BrH/c1-2-3-13-8-11(6-7-20-13)17-21-16(10-22-17)14-5-4-12(18)9-15(14)19;/h4-10H,2-3H2,1H3;1H. The third kappa shape index (κ3) is 4.32. The first-order chi connectivity index (χ1) is 10.7. The van der Waals surface area contributed by atoms with Crippen LogP contribution in [0.1, 0.15) is 19.0 Å². The number of benzene rings is 1. The molecule has 0 saturated carbocycles. The maximum Gasteiger partial charge on any atom is 0.124 e. The normalized spacial score (nSPS) is 10.4. The second-order valence-electron chi connectivity index (χ2n) is 4.95. The average molecular weight is 430 g/mol. The lowest BCUT2D eigenvalue weighted by Gasteiger charge is -2.02. The van der Waals surface area contributed by atoms with Gasteiger partial charge in [0.25, 0.3) is 0 Å². The van der Waals surface area contributed by atoms with Crippen molar-refractivity contribution in [2.45, 2.75) is 19.8 Å². The van der Waals surface area contributed by atoms with Gasteiger partial charge in [0.1, 0.15) is 5.01 Å². The summed E-state index contributed by atoms with van der Waals surface area (Å²) in [6, 6.07) is 9.57.